The van der Waals surface area contributed by atoms with Crippen molar-refractivity contribution >= 4 is 28.9 Å². The van der Waals surface area contributed by atoms with Gasteiger partial charge in [-0.25, -0.2) is 8.78 Å². The molecule has 0 spiro atoms. The van der Waals surface area contributed by atoms with Gasteiger partial charge in [-0.1, -0.05) is 11.6 Å². The Bertz CT molecular complexity index is 695. The largest absolute Gasteiger partial charge is 0.495 e. The van der Waals surface area contributed by atoms with E-state index in [2.05, 4.69) is 10.6 Å². The maximum atomic E-state index is 13.4. The predicted molar refractivity (Wildman–Crippen MR) is 81.5 cm³/mol. The van der Waals surface area contributed by atoms with Gasteiger partial charge in [0.1, 0.15) is 17.4 Å². The van der Waals surface area contributed by atoms with Gasteiger partial charge < -0.3 is 15.4 Å². The second-order valence-electron chi connectivity index (χ2n) is 4.38. The summed E-state index contributed by atoms with van der Waals surface area (Å²) in [5.41, 5.74) is 0.529. The van der Waals surface area contributed by atoms with E-state index in [4.69, 9.17) is 16.3 Å². The van der Waals surface area contributed by atoms with E-state index < -0.39 is 17.5 Å². The molecule has 2 aromatic rings. The number of hydrogen-bond acceptors (Lipinski definition) is 3. The molecule has 2 rings (SSSR count). The van der Waals surface area contributed by atoms with Gasteiger partial charge in [0, 0.05) is 11.8 Å². The third kappa shape index (κ3) is 4.08. The monoisotopic (exact) mass is 326 g/mol. The zero-order chi connectivity index (χ0) is 16.1. The molecule has 0 unspecified atom stereocenters. The molecule has 0 atom stereocenters. The van der Waals surface area contributed by atoms with Gasteiger partial charge in [0.25, 0.3) is 0 Å². The average Bonchev–Trinajstić information content (AvgIpc) is 2.46. The van der Waals surface area contributed by atoms with E-state index in [1.54, 1.807) is 12.1 Å². The zero-order valence-corrected chi connectivity index (χ0v) is 12.4. The lowest BCUT2D eigenvalue weighted by Gasteiger charge is -2.10. The molecule has 0 fully saturated rings. The van der Waals surface area contributed by atoms with Crippen LogP contribution in [0.1, 0.15) is 0 Å². The molecule has 0 aromatic heterocycles. The average molecular weight is 327 g/mol. The van der Waals surface area contributed by atoms with Gasteiger partial charge in [-0.15, -0.1) is 0 Å². The molecule has 7 heteroatoms. The highest BCUT2D eigenvalue weighted by Gasteiger charge is 2.08. The topological polar surface area (TPSA) is 50.4 Å². The van der Waals surface area contributed by atoms with Crippen LogP contribution in [-0.2, 0) is 4.79 Å². The van der Waals surface area contributed by atoms with Gasteiger partial charge in [-0.05, 0) is 30.3 Å². The Balaban J connectivity index is 1.94. The lowest BCUT2D eigenvalue weighted by atomic mass is 10.3. The van der Waals surface area contributed by atoms with E-state index in [1.165, 1.54) is 19.2 Å². The molecule has 0 bridgehead atoms. The molecule has 0 aliphatic carbocycles. The van der Waals surface area contributed by atoms with Gasteiger partial charge in [0.2, 0.25) is 5.91 Å². The van der Waals surface area contributed by atoms with E-state index in [0.29, 0.717) is 16.5 Å². The number of amides is 1. The molecule has 0 aliphatic heterocycles. The minimum atomic E-state index is -0.764. The van der Waals surface area contributed by atoms with Crippen molar-refractivity contribution in [2.75, 3.05) is 24.3 Å². The van der Waals surface area contributed by atoms with E-state index in [9.17, 15) is 13.6 Å². The van der Waals surface area contributed by atoms with Crippen molar-refractivity contribution in [3.63, 3.8) is 0 Å². The summed E-state index contributed by atoms with van der Waals surface area (Å²) in [5, 5.41) is 5.54. The fourth-order valence-electron chi connectivity index (χ4n) is 1.76. The fourth-order valence-corrected chi connectivity index (χ4v) is 2.02. The third-order valence-electron chi connectivity index (χ3n) is 2.81. The summed E-state index contributed by atoms with van der Waals surface area (Å²) < 4.78 is 31.2. The molecule has 116 valence electrons. The minimum absolute atomic E-state index is 0.0457. The van der Waals surface area contributed by atoms with Crippen molar-refractivity contribution in [1.82, 2.24) is 0 Å². The number of carbonyl (C=O) groups is 1. The third-order valence-corrected chi connectivity index (χ3v) is 3.10. The first kappa shape index (κ1) is 16.0. The second kappa shape index (κ2) is 7.09. The molecule has 0 heterocycles. The van der Waals surface area contributed by atoms with Crippen LogP contribution < -0.4 is 15.4 Å². The summed E-state index contributed by atoms with van der Waals surface area (Å²) in [6.07, 6.45) is 0. The quantitative estimate of drug-likeness (QED) is 0.881. The molecule has 0 aliphatic rings. The molecule has 4 nitrogen and oxygen atoms in total. The summed E-state index contributed by atoms with van der Waals surface area (Å²) in [5.74, 6) is -1.35. The van der Waals surface area contributed by atoms with Crippen LogP contribution in [0.5, 0.6) is 5.75 Å². The molecule has 0 radical (unpaired) electrons. The second-order valence-corrected chi connectivity index (χ2v) is 4.78. The molecule has 22 heavy (non-hydrogen) atoms. The summed E-state index contributed by atoms with van der Waals surface area (Å²) in [7, 11) is 1.49. The number of rotatable bonds is 5. The van der Waals surface area contributed by atoms with Gasteiger partial charge in [0.05, 0.1) is 24.4 Å². The van der Waals surface area contributed by atoms with Gasteiger partial charge in [-0.2, -0.15) is 0 Å². The van der Waals surface area contributed by atoms with Gasteiger partial charge >= 0.3 is 0 Å². The van der Waals surface area contributed by atoms with Crippen LogP contribution in [0.15, 0.2) is 36.4 Å². The standard InChI is InChI=1S/C15H13ClF2N2O2/c1-22-14-5-3-10(7-11(14)16)20-15(21)8-19-13-4-2-9(17)6-12(13)18/h2-7,19H,8H2,1H3,(H,20,21). The summed E-state index contributed by atoms with van der Waals surface area (Å²) in [6, 6.07) is 7.85. The summed E-state index contributed by atoms with van der Waals surface area (Å²) in [4.78, 5) is 11.8. The van der Waals surface area contributed by atoms with E-state index in [1.807, 2.05) is 0 Å². The Labute approximate surface area is 131 Å². The van der Waals surface area contributed by atoms with E-state index in [0.717, 1.165) is 12.1 Å². The number of halogens is 3. The first-order valence-corrected chi connectivity index (χ1v) is 6.69. The molecule has 2 N–H and O–H groups in total. The lowest BCUT2D eigenvalue weighted by Crippen LogP contribution is -2.22. The van der Waals surface area contributed by atoms with Gasteiger partial charge in [-0.3, -0.25) is 4.79 Å². The molecule has 2 aromatic carbocycles. The number of methoxy groups -OCH3 is 1. The highest BCUT2D eigenvalue weighted by Crippen LogP contribution is 2.27. The molecular formula is C15H13ClF2N2O2. The molecule has 1 amide bonds. The first-order valence-electron chi connectivity index (χ1n) is 6.32. The van der Waals surface area contributed by atoms with Crippen molar-refractivity contribution in [2.24, 2.45) is 0 Å². The predicted octanol–water partition coefficient (Wildman–Crippen LogP) is 3.68. The Morgan fingerprint density at radius 2 is 2.00 bits per heavy atom. The number of benzene rings is 2. The maximum Gasteiger partial charge on any atom is 0.243 e. The summed E-state index contributed by atoms with van der Waals surface area (Å²) in [6.45, 7) is -0.174. The maximum absolute atomic E-state index is 13.4. The Morgan fingerprint density at radius 3 is 2.64 bits per heavy atom. The molecular weight excluding hydrogens is 314 g/mol. The van der Waals surface area contributed by atoms with Crippen LogP contribution in [-0.4, -0.2) is 19.6 Å². The van der Waals surface area contributed by atoms with Crippen molar-refractivity contribution in [3.05, 3.63) is 53.1 Å². The zero-order valence-electron chi connectivity index (χ0n) is 11.6. The van der Waals surface area contributed by atoms with Crippen LogP contribution in [0.2, 0.25) is 5.02 Å². The van der Waals surface area contributed by atoms with Crippen molar-refractivity contribution in [3.8, 4) is 5.75 Å². The SMILES string of the molecule is COc1ccc(NC(=O)CNc2ccc(F)cc2F)cc1Cl. The van der Waals surface area contributed by atoms with Crippen molar-refractivity contribution in [2.45, 2.75) is 0 Å². The van der Waals surface area contributed by atoms with Crippen molar-refractivity contribution < 1.29 is 18.3 Å². The molecule has 0 saturated carbocycles. The van der Waals surface area contributed by atoms with E-state index >= 15 is 0 Å². The number of carbonyl (C=O) groups excluding carboxylic acids is 1. The highest BCUT2D eigenvalue weighted by atomic mass is 35.5. The number of anilines is 2. The number of hydrogen-bond donors (Lipinski definition) is 2. The number of nitrogens with one attached hydrogen (secondary N) is 2. The van der Waals surface area contributed by atoms with Crippen LogP contribution in [0.3, 0.4) is 0 Å². The highest BCUT2D eigenvalue weighted by molar-refractivity contribution is 6.32. The fraction of sp³-hybridized carbons (Fsp3) is 0.133. The smallest absolute Gasteiger partial charge is 0.243 e. The van der Waals surface area contributed by atoms with Crippen LogP contribution >= 0.6 is 11.6 Å². The molecule has 0 saturated heterocycles. The lowest BCUT2D eigenvalue weighted by molar-refractivity contribution is -0.114. The van der Waals surface area contributed by atoms with Crippen LogP contribution in [0, 0.1) is 11.6 Å². The van der Waals surface area contributed by atoms with Gasteiger partial charge in [0.15, 0.2) is 0 Å². The van der Waals surface area contributed by atoms with Crippen molar-refractivity contribution in [1.29, 1.82) is 0 Å². The Morgan fingerprint density at radius 1 is 1.23 bits per heavy atom. The van der Waals surface area contributed by atoms with Crippen LogP contribution in [0.25, 0.3) is 0 Å². The summed E-state index contributed by atoms with van der Waals surface area (Å²) >= 11 is 5.94. The Kier molecular flexibility index (Phi) is 5.16. The minimum Gasteiger partial charge on any atom is -0.495 e. The first-order chi connectivity index (χ1) is 10.5. The van der Waals surface area contributed by atoms with E-state index in [-0.39, 0.29) is 12.2 Å². The normalized spacial score (nSPS) is 10.2. The number of ether oxygens (including phenoxy) is 1. The Hall–Kier alpha value is -2.34. The van der Waals surface area contributed by atoms with Crippen LogP contribution in [0.4, 0.5) is 20.2 Å².